The van der Waals surface area contributed by atoms with Crippen LogP contribution in [0.15, 0.2) is 24.3 Å². The van der Waals surface area contributed by atoms with E-state index in [-0.39, 0.29) is 18.0 Å². The molecule has 1 aromatic rings. The van der Waals surface area contributed by atoms with E-state index in [1.165, 1.54) is 18.2 Å². The fourth-order valence-corrected chi connectivity index (χ4v) is 2.47. The molecule has 0 saturated carbocycles. The average Bonchev–Trinajstić information content (AvgIpc) is 2.71. The lowest BCUT2D eigenvalue weighted by molar-refractivity contribution is 0.0761. The maximum Gasteiger partial charge on any atom is 0.317 e. The lowest BCUT2D eigenvalue weighted by atomic mass is 10.2. The molecular formula is C16H22FN3O2. The van der Waals surface area contributed by atoms with E-state index < -0.39 is 5.82 Å². The number of halogens is 1. The van der Waals surface area contributed by atoms with E-state index in [9.17, 15) is 14.0 Å². The molecule has 0 unspecified atom stereocenters. The van der Waals surface area contributed by atoms with Crippen LogP contribution in [-0.2, 0) is 0 Å². The summed E-state index contributed by atoms with van der Waals surface area (Å²) in [4.78, 5) is 27.8. The van der Waals surface area contributed by atoms with Gasteiger partial charge in [0.1, 0.15) is 5.82 Å². The normalized spacial score (nSPS) is 15.6. The van der Waals surface area contributed by atoms with Gasteiger partial charge in [0.05, 0.1) is 0 Å². The van der Waals surface area contributed by atoms with Gasteiger partial charge in [-0.2, -0.15) is 0 Å². The highest BCUT2D eigenvalue weighted by molar-refractivity contribution is 5.94. The van der Waals surface area contributed by atoms with E-state index in [1.54, 1.807) is 15.9 Å². The highest BCUT2D eigenvalue weighted by Gasteiger charge is 2.23. The summed E-state index contributed by atoms with van der Waals surface area (Å²) < 4.78 is 13.2. The number of hydrogen-bond donors (Lipinski definition) is 1. The van der Waals surface area contributed by atoms with E-state index in [4.69, 9.17) is 0 Å². The van der Waals surface area contributed by atoms with Crippen molar-refractivity contribution in [2.45, 2.75) is 26.3 Å². The zero-order valence-electron chi connectivity index (χ0n) is 13.0. The number of carbonyl (C=O) groups excluding carboxylic acids is 2. The van der Waals surface area contributed by atoms with Crippen molar-refractivity contribution < 1.29 is 14.0 Å². The van der Waals surface area contributed by atoms with E-state index >= 15 is 0 Å². The van der Waals surface area contributed by atoms with Gasteiger partial charge < -0.3 is 15.1 Å². The maximum atomic E-state index is 13.2. The van der Waals surface area contributed by atoms with Gasteiger partial charge in [0.25, 0.3) is 5.91 Å². The Morgan fingerprint density at radius 2 is 1.82 bits per heavy atom. The minimum absolute atomic E-state index is 0.0841. The molecule has 0 aromatic heterocycles. The molecule has 0 radical (unpaired) electrons. The van der Waals surface area contributed by atoms with Gasteiger partial charge in [0.2, 0.25) is 0 Å². The minimum Gasteiger partial charge on any atom is -0.337 e. The van der Waals surface area contributed by atoms with Crippen molar-refractivity contribution in [1.82, 2.24) is 15.1 Å². The topological polar surface area (TPSA) is 52.7 Å². The van der Waals surface area contributed by atoms with E-state index in [0.717, 1.165) is 0 Å². The van der Waals surface area contributed by atoms with Crippen molar-refractivity contribution in [3.05, 3.63) is 35.6 Å². The van der Waals surface area contributed by atoms with Crippen molar-refractivity contribution >= 4 is 11.9 Å². The summed E-state index contributed by atoms with van der Waals surface area (Å²) in [6.07, 6.45) is 0.715. The summed E-state index contributed by atoms with van der Waals surface area (Å²) in [7, 11) is 0. The highest BCUT2D eigenvalue weighted by Crippen LogP contribution is 2.11. The number of benzene rings is 1. The molecule has 1 aliphatic rings. The number of carbonyl (C=O) groups is 2. The summed E-state index contributed by atoms with van der Waals surface area (Å²) >= 11 is 0. The summed E-state index contributed by atoms with van der Waals surface area (Å²) in [5.41, 5.74) is 0.347. The first-order valence-corrected chi connectivity index (χ1v) is 7.57. The quantitative estimate of drug-likeness (QED) is 0.909. The van der Waals surface area contributed by atoms with Crippen LogP contribution in [0.1, 0.15) is 30.6 Å². The van der Waals surface area contributed by atoms with Crippen LogP contribution in [0.25, 0.3) is 0 Å². The maximum absolute atomic E-state index is 13.2. The second-order valence-electron chi connectivity index (χ2n) is 5.75. The fourth-order valence-electron chi connectivity index (χ4n) is 2.47. The van der Waals surface area contributed by atoms with Gasteiger partial charge in [-0.15, -0.1) is 0 Å². The number of urea groups is 1. The largest absolute Gasteiger partial charge is 0.337 e. The Kier molecular flexibility index (Phi) is 5.35. The van der Waals surface area contributed by atoms with Gasteiger partial charge in [-0.05, 0) is 38.5 Å². The molecule has 1 heterocycles. The first-order valence-electron chi connectivity index (χ1n) is 7.57. The monoisotopic (exact) mass is 307 g/mol. The molecule has 0 atom stereocenters. The van der Waals surface area contributed by atoms with Crippen LogP contribution in [0.4, 0.5) is 9.18 Å². The standard InChI is InChI=1S/C16H22FN3O2/c1-12(2)18-16(22)20-8-4-7-19(9-10-20)15(21)13-5-3-6-14(17)11-13/h3,5-6,11-12H,4,7-10H2,1-2H3,(H,18,22). The summed E-state index contributed by atoms with van der Waals surface area (Å²) in [5, 5.41) is 2.86. The summed E-state index contributed by atoms with van der Waals surface area (Å²) in [6, 6.07) is 5.69. The lowest BCUT2D eigenvalue weighted by Crippen LogP contribution is -2.44. The molecule has 2 rings (SSSR count). The molecule has 1 fully saturated rings. The summed E-state index contributed by atoms with van der Waals surface area (Å²) in [5.74, 6) is -0.607. The van der Waals surface area contributed by atoms with Gasteiger partial charge in [0, 0.05) is 37.8 Å². The molecule has 1 aromatic carbocycles. The van der Waals surface area contributed by atoms with Gasteiger partial charge in [0.15, 0.2) is 0 Å². The van der Waals surface area contributed by atoms with Crippen LogP contribution >= 0.6 is 0 Å². The second kappa shape index (κ2) is 7.24. The predicted molar refractivity (Wildman–Crippen MR) is 82.2 cm³/mol. The molecule has 0 aliphatic carbocycles. The predicted octanol–water partition coefficient (Wildman–Crippen LogP) is 2.09. The zero-order chi connectivity index (χ0) is 16.1. The van der Waals surface area contributed by atoms with Crippen molar-refractivity contribution in [2.24, 2.45) is 0 Å². The van der Waals surface area contributed by atoms with Crippen molar-refractivity contribution in [3.8, 4) is 0 Å². The Balaban J connectivity index is 1.98. The lowest BCUT2D eigenvalue weighted by Gasteiger charge is -2.23. The minimum atomic E-state index is -0.418. The molecule has 22 heavy (non-hydrogen) atoms. The molecule has 0 bridgehead atoms. The molecule has 0 spiro atoms. The molecule has 5 nitrogen and oxygen atoms in total. The third kappa shape index (κ3) is 4.19. The van der Waals surface area contributed by atoms with Crippen LogP contribution in [-0.4, -0.2) is 54.0 Å². The molecule has 1 saturated heterocycles. The number of rotatable bonds is 2. The molecular weight excluding hydrogens is 285 g/mol. The van der Waals surface area contributed by atoms with Crippen LogP contribution in [0.2, 0.25) is 0 Å². The van der Waals surface area contributed by atoms with Crippen molar-refractivity contribution in [1.29, 1.82) is 0 Å². The van der Waals surface area contributed by atoms with Crippen LogP contribution in [0, 0.1) is 5.82 Å². The Hall–Kier alpha value is -2.11. The number of nitrogens with one attached hydrogen (secondary N) is 1. The third-order valence-corrected chi connectivity index (χ3v) is 3.55. The van der Waals surface area contributed by atoms with Crippen LogP contribution in [0.3, 0.4) is 0 Å². The molecule has 1 aliphatic heterocycles. The Morgan fingerprint density at radius 1 is 1.14 bits per heavy atom. The zero-order valence-corrected chi connectivity index (χ0v) is 13.0. The van der Waals surface area contributed by atoms with Gasteiger partial charge in [-0.25, -0.2) is 9.18 Å². The second-order valence-corrected chi connectivity index (χ2v) is 5.75. The van der Waals surface area contributed by atoms with E-state index in [2.05, 4.69) is 5.32 Å². The fraction of sp³-hybridized carbons (Fsp3) is 0.500. The molecule has 1 N–H and O–H groups in total. The Labute approximate surface area is 130 Å². The Morgan fingerprint density at radius 3 is 2.50 bits per heavy atom. The SMILES string of the molecule is CC(C)NC(=O)N1CCCN(C(=O)c2cccc(F)c2)CC1. The van der Waals surface area contributed by atoms with E-state index in [0.29, 0.717) is 38.2 Å². The van der Waals surface area contributed by atoms with E-state index in [1.807, 2.05) is 13.8 Å². The molecule has 3 amide bonds. The highest BCUT2D eigenvalue weighted by atomic mass is 19.1. The molecule has 120 valence electrons. The van der Waals surface area contributed by atoms with Crippen LogP contribution in [0.5, 0.6) is 0 Å². The number of hydrogen-bond acceptors (Lipinski definition) is 2. The summed E-state index contributed by atoms with van der Waals surface area (Å²) in [6.45, 7) is 5.96. The van der Waals surface area contributed by atoms with Crippen LogP contribution < -0.4 is 5.32 Å². The third-order valence-electron chi connectivity index (χ3n) is 3.55. The molecule has 6 heteroatoms. The average molecular weight is 307 g/mol. The van der Waals surface area contributed by atoms with Gasteiger partial charge >= 0.3 is 6.03 Å². The van der Waals surface area contributed by atoms with Gasteiger partial charge in [-0.1, -0.05) is 6.07 Å². The number of amides is 3. The van der Waals surface area contributed by atoms with Crippen molar-refractivity contribution in [3.63, 3.8) is 0 Å². The first kappa shape index (κ1) is 16.3. The Bertz CT molecular complexity index is 548. The smallest absolute Gasteiger partial charge is 0.317 e. The first-order chi connectivity index (χ1) is 10.5. The van der Waals surface area contributed by atoms with Crippen molar-refractivity contribution in [2.75, 3.05) is 26.2 Å². The van der Waals surface area contributed by atoms with Gasteiger partial charge in [-0.3, -0.25) is 4.79 Å². The number of nitrogens with zero attached hydrogens (tertiary/aromatic N) is 2.